The predicted octanol–water partition coefficient (Wildman–Crippen LogP) is 3.45. The van der Waals surface area contributed by atoms with E-state index in [0.717, 1.165) is 24.8 Å². The van der Waals surface area contributed by atoms with Gasteiger partial charge in [0.05, 0.1) is 16.0 Å². The summed E-state index contributed by atoms with van der Waals surface area (Å²) < 4.78 is 0. The number of pyridine rings is 1. The quantitative estimate of drug-likeness (QED) is 0.797. The number of hydrogen-bond donors (Lipinski definition) is 0. The maximum atomic E-state index is 13.3. The molecule has 0 spiro atoms. The number of carbonyl (C=O) groups is 2. The topological polar surface area (TPSA) is 53.5 Å². The molecule has 1 aromatic carbocycles. The van der Waals surface area contributed by atoms with Gasteiger partial charge in [0.1, 0.15) is 0 Å². The number of aryl methyl sites for hydroxylation is 1. The molecule has 2 heterocycles. The summed E-state index contributed by atoms with van der Waals surface area (Å²) in [4.78, 5) is 33.8. The van der Waals surface area contributed by atoms with Gasteiger partial charge in [0, 0.05) is 38.6 Å². The molecule has 0 N–H and O–H groups in total. The number of aromatic nitrogens is 1. The third-order valence-corrected chi connectivity index (χ3v) is 5.99. The monoisotopic (exact) mass is 397 g/mol. The van der Waals surface area contributed by atoms with Crippen LogP contribution in [0.15, 0.2) is 42.7 Å². The SMILES string of the molecule is Cc1ccc(C2(C(=O)N3CCCN(C(=O)c4cncc(Cl)c4)CC3)CC2)cc1. The van der Waals surface area contributed by atoms with Crippen LogP contribution in [0.2, 0.25) is 5.02 Å². The van der Waals surface area contributed by atoms with Crippen LogP contribution < -0.4 is 0 Å². The molecule has 5 nitrogen and oxygen atoms in total. The molecule has 1 saturated carbocycles. The normalized spacial score (nSPS) is 18.5. The fourth-order valence-corrected chi connectivity index (χ4v) is 4.14. The maximum Gasteiger partial charge on any atom is 0.255 e. The third-order valence-electron chi connectivity index (χ3n) is 5.79. The molecule has 0 bridgehead atoms. The minimum absolute atomic E-state index is 0.0797. The minimum Gasteiger partial charge on any atom is -0.340 e. The van der Waals surface area contributed by atoms with Gasteiger partial charge in [0.25, 0.3) is 5.91 Å². The average molecular weight is 398 g/mol. The molecule has 1 aliphatic carbocycles. The lowest BCUT2D eigenvalue weighted by atomic mass is 9.93. The lowest BCUT2D eigenvalue weighted by Gasteiger charge is -2.27. The fourth-order valence-electron chi connectivity index (χ4n) is 3.96. The van der Waals surface area contributed by atoms with E-state index in [1.54, 1.807) is 17.2 Å². The first-order valence-electron chi connectivity index (χ1n) is 9.76. The Kier molecular flexibility index (Phi) is 5.11. The van der Waals surface area contributed by atoms with Gasteiger partial charge < -0.3 is 9.80 Å². The summed E-state index contributed by atoms with van der Waals surface area (Å²) in [6.07, 6.45) is 5.64. The van der Waals surface area contributed by atoms with Gasteiger partial charge in [-0.2, -0.15) is 0 Å². The molecule has 0 atom stereocenters. The first-order valence-corrected chi connectivity index (χ1v) is 10.1. The van der Waals surface area contributed by atoms with E-state index >= 15 is 0 Å². The van der Waals surface area contributed by atoms with Gasteiger partial charge in [0.15, 0.2) is 0 Å². The van der Waals surface area contributed by atoms with Crippen LogP contribution in [-0.2, 0) is 10.2 Å². The largest absolute Gasteiger partial charge is 0.340 e. The second kappa shape index (κ2) is 7.55. The summed E-state index contributed by atoms with van der Waals surface area (Å²) in [5.74, 6) is 0.124. The Bertz CT molecular complexity index is 893. The average Bonchev–Trinajstić information content (AvgIpc) is 3.52. The molecule has 6 heteroatoms. The van der Waals surface area contributed by atoms with E-state index in [2.05, 4.69) is 36.2 Å². The van der Waals surface area contributed by atoms with Crippen molar-refractivity contribution in [1.82, 2.24) is 14.8 Å². The molecule has 2 aromatic rings. The van der Waals surface area contributed by atoms with E-state index < -0.39 is 0 Å². The van der Waals surface area contributed by atoms with Crippen LogP contribution in [0.5, 0.6) is 0 Å². The molecule has 28 heavy (non-hydrogen) atoms. The van der Waals surface area contributed by atoms with Crippen molar-refractivity contribution in [3.05, 3.63) is 64.4 Å². The number of benzene rings is 1. The molecule has 1 saturated heterocycles. The molecule has 1 aromatic heterocycles. The summed E-state index contributed by atoms with van der Waals surface area (Å²) in [6.45, 7) is 4.46. The Hall–Kier alpha value is -2.40. The Balaban J connectivity index is 1.45. The first-order chi connectivity index (χ1) is 13.5. The van der Waals surface area contributed by atoms with E-state index in [9.17, 15) is 9.59 Å². The van der Waals surface area contributed by atoms with Gasteiger partial charge in [-0.05, 0) is 37.8 Å². The zero-order valence-corrected chi connectivity index (χ0v) is 16.8. The van der Waals surface area contributed by atoms with Crippen molar-refractivity contribution in [1.29, 1.82) is 0 Å². The van der Waals surface area contributed by atoms with Crippen LogP contribution in [0.4, 0.5) is 0 Å². The molecule has 0 radical (unpaired) electrons. The molecule has 2 amide bonds. The Morgan fingerprint density at radius 3 is 2.36 bits per heavy atom. The zero-order valence-electron chi connectivity index (χ0n) is 16.0. The van der Waals surface area contributed by atoms with Gasteiger partial charge in [-0.25, -0.2) is 0 Å². The van der Waals surface area contributed by atoms with Crippen LogP contribution in [0.25, 0.3) is 0 Å². The lowest BCUT2D eigenvalue weighted by molar-refractivity contribution is -0.133. The van der Waals surface area contributed by atoms with Crippen LogP contribution in [0.3, 0.4) is 0 Å². The summed E-state index contributed by atoms with van der Waals surface area (Å²) in [5.41, 5.74) is 2.45. The summed E-state index contributed by atoms with van der Waals surface area (Å²) in [7, 11) is 0. The number of nitrogens with zero attached hydrogens (tertiary/aromatic N) is 3. The highest BCUT2D eigenvalue weighted by molar-refractivity contribution is 6.30. The standard InChI is InChI=1S/C22H24ClN3O2/c1-16-3-5-18(6-4-16)22(7-8-22)21(28)26-10-2-9-25(11-12-26)20(27)17-13-19(23)15-24-14-17/h3-6,13-15H,2,7-12H2,1H3. The van der Waals surface area contributed by atoms with Crippen LogP contribution in [0.1, 0.15) is 40.7 Å². The van der Waals surface area contributed by atoms with Crippen molar-refractivity contribution in [2.24, 2.45) is 0 Å². The fraction of sp³-hybridized carbons (Fsp3) is 0.409. The van der Waals surface area contributed by atoms with Crippen molar-refractivity contribution < 1.29 is 9.59 Å². The van der Waals surface area contributed by atoms with Gasteiger partial charge in [-0.15, -0.1) is 0 Å². The lowest BCUT2D eigenvalue weighted by Crippen LogP contribution is -2.42. The van der Waals surface area contributed by atoms with Gasteiger partial charge >= 0.3 is 0 Å². The highest BCUT2D eigenvalue weighted by Crippen LogP contribution is 2.49. The summed E-state index contributed by atoms with van der Waals surface area (Å²) in [6, 6.07) is 9.95. The second-order valence-corrected chi connectivity index (χ2v) is 8.21. The highest BCUT2D eigenvalue weighted by Gasteiger charge is 2.53. The van der Waals surface area contributed by atoms with Crippen LogP contribution in [-0.4, -0.2) is 52.8 Å². The van der Waals surface area contributed by atoms with Crippen molar-refractivity contribution in [3.8, 4) is 0 Å². The Morgan fingerprint density at radius 2 is 1.68 bits per heavy atom. The number of amides is 2. The maximum absolute atomic E-state index is 13.3. The van der Waals surface area contributed by atoms with E-state index in [4.69, 9.17) is 11.6 Å². The summed E-state index contributed by atoms with van der Waals surface area (Å²) >= 11 is 5.96. The Labute approximate surface area is 170 Å². The number of carbonyl (C=O) groups excluding carboxylic acids is 2. The highest BCUT2D eigenvalue weighted by atomic mass is 35.5. The molecule has 146 valence electrons. The van der Waals surface area contributed by atoms with Crippen molar-refractivity contribution in [2.75, 3.05) is 26.2 Å². The van der Waals surface area contributed by atoms with Gasteiger partial charge in [-0.3, -0.25) is 14.6 Å². The molecule has 2 aliphatic rings. The number of rotatable bonds is 3. The van der Waals surface area contributed by atoms with E-state index in [1.165, 1.54) is 11.8 Å². The van der Waals surface area contributed by atoms with Gasteiger partial charge in [0.2, 0.25) is 5.91 Å². The third kappa shape index (κ3) is 3.63. The summed E-state index contributed by atoms with van der Waals surface area (Å²) in [5, 5.41) is 0.450. The van der Waals surface area contributed by atoms with Crippen LogP contribution >= 0.6 is 11.6 Å². The minimum atomic E-state index is -0.357. The van der Waals surface area contributed by atoms with Crippen molar-refractivity contribution >= 4 is 23.4 Å². The van der Waals surface area contributed by atoms with Crippen LogP contribution in [0, 0.1) is 6.92 Å². The first kappa shape index (κ1) is 18.9. The van der Waals surface area contributed by atoms with Gasteiger partial charge in [-0.1, -0.05) is 41.4 Å². The molecule has 2 fully saturated rings. The number of hydrogen-bond acceptors (Lipinski definition) is 3. The second-order valence-electron chi connectivity index (χ2n) is 7.78. The molecular weight excluding hydrogens is 374 g/mol. The van der Waals surface area contributed by atoms with Crippen molar-refractivity contribution in [3.63, 3.8) is 0 Å². The molecule has 4 rings (SSSR count). The smallest absolute Gasteiger partial charge is 0.255 e. The molecule has 1 aliphatic heterocycles. The van der Waals surface area contributed by atoms with Crippen molar-refractivity contribution in [2.45, 2.75) is 31.6 Å². The Morgan fingerprint density at radius 1 is 1.00 bits per heavy atom. The predicted molar refractivity (Wildman–Crippen MR) is 108 cm³/mol. The van der Waals surface area contributed by atoms with E-state index in [1.807, 2.05) is 4.90 Å². The zero-order chi connectivity index (χ0) is 19.7. The molecular formula is C22H24ClN3O2. The number of halogens is 1. The molecule has 0 unspecified atom stereocenters. The van der Waals surface area contributed by atoms with E-state index in [0.29, 0.717) is 36.8 Å². The van der Waals surface area contributed by atoms with E-state index in [-0.39, 0.29) is 17.2 Å².